The van der Waals surface area contributed by atoms with Crippen LogP contribution < -0.4 is 4.74 Å². The smallest absolute Gasteiger partial charge is 0.317 e. The van der Waals surface area contributed by atoms with Gasteiger partial charge in [0, 0.05) is 0 Å². The molecule has 1 aromatic heterocycles. The molecule has 130 valence electrons. The maximum Gasteiger partial charge on any atom is 0.317 e. The number of phenols is 2. The van der Waals surface area contributed by atoms with Gasteiger partial charge in [0.2, 0.25) is 0 Å². The molecule has 0 fully saturated rings. The number of ether oxygens (including phenoxy) is 1. The normalized spacial score (nSPS) is 11.3. The number of hydrogen-bond donors (Lipinski definition) is 2. The lowest BCUT2D eigenvalue weighted by Crippen LogP contribution is -1.95. The Hall–Kier alpha value is -3.60. The van der Waals surface area contributed by atoms with E-state index in [1.165, 1.54) is 7.11 Å². The molecule has 0 saturated carbocycles. The maximum atomic E-state index is 9.33. The molecule has 0 aliphatic carbocycles. The molecule has 3 aromatic rings. The number of nitrogens with zero attached hydrogens (tertiary/aromatic N) is 2. The van der Waals surface area contributed by atoms with Gasteiger partial charge in [0.05, 0.1) is 18.5 Å². The number of rotatable bonds is 5. The number of phenolic OH excluding ortho intramolecular Hbond substituents is 2. The lowest BCUT2D eigenvalue weighted by molar-refractivity contribution is 0.379. The van der Waals surface area contributed by atoms with Gasteiger partial charge in [0.1, 0.15) is 11.5 Å². The van der Waals surface area contributed by atoms with Gasteiger partial charge in [-0.1, -0.05) is 36.4 Å². The average molecular weight is 346 g/mol. The molecule has 0 aliphatic rings. The van der Waals surface area contributed by atoms with Crippen LogP contribution in [0.2, 0.25) is 0 Å². The molecule has 3 rings (SSSR count). The molecule has 5 heteroatoms. The van der Waals surface area contributed by atoms with Gasteiger partial charge in [-0.25, -0.2) is 0 Å². The summed E-state index contributed by atoms with van der Waals surface area (Å²) in [4.78, 5) is 8.63. The highest BCUT2D eigenvalue weighted by atomic mass is 16.5. The first-order valence-corrected chi connectivity index (χ1v) is 8.00. The molecule has 0 aliphatic heterocycles. The van der Waals surface area contributed by atoms with Crippen LogP contribution in [0, 0.1) is 0 Å². The highest BCUT2D eigenvalue weighted by Crippen LogP contribution is 2.16. The average Bonchev–Trinajstić information content (AvgIpc) is 2.67. The number of aromatic nitrogens is 2. The summed E-state index contributed by atoms with van der Waals surface area (Å²) in [5, 5.41) is 18.7. The minimum atomic E-state index is 0.229. The third-order valence-electron chi connectivity index (χ3n) is 3.61. The van der Waals surface area contributed by atoms with Crippen molar-refractivity contribution in [3.8, 4) is 17.5 Å². The van der Waals surface area contributed by atoms with E-state index in [-0.39, 0.29) is 17.5 Å². The van der Waals surface area contributed by atoms with Crippen LogP contribution in [0.5, 0.6) is 17.5 Å². The molecule has 26 heavy (non-hydrogen) atoms. The molecule has 5 nitrogen and oxygen atoms in total. The van der Waals surface area contributed by atoms with Gasteiger partial charge in [-0.3, -0.25) is 0 Å². The van der Waals surface area contributed by atoms with Crippen molar-refractivity contribution in [3.05, 3.63) is 77.1 Å². The van der Waals surface area contributed by atoms with E-state index in [1.54, 1.807) is 24.3 Å². The van der Waals surface area contributed by atoms with Gasteiger partial charge >= 0.3 is 6.01 Å². The molecule has 0 amide bonds. The Morgan fingerprint density at radius 1 is 0.692 bits per heavy atom. The first kappa shape index (κ1) is 17.2. The summed E-state index contributed by atoms with van der Waals surface area (Å²) in [5.41, 5.74) is 3.30. The van der Waals surface area contributed by atoms with Gasteiger partial charge in [0.15, 0.2) is 0 Å². The van der Waals surface area contributed by atoms with E-state index < -0.39 is 0 Å². The summed E-state index contributed by atoms with van der Waals surface area (Å²) in [7, 11) is 1.52. The Morgan fingerprint density at radius 2 is 1.12 bits per heavy atom. The van der Waals surface area contributed by atoms with Crippen LogP contribution in [0.3, 0.4) is 0 Å². The molecule has 0 spiro atoms. The van der Waals surface area contributed by atoms with Crippen molar-refractivity contribution in [3.63, 3.8) is 0 Å². The molecule has 0 atom stereocenters. The molecular formula is C21H18N2O3. The Bertz CT molecular complexity index is 857. The van der Waals surface area contributed by atoms with Crippen LogP contribution >= 0.6 is 0 Å². The summed E-state index contributed by atoms with van der Waals surface area (Å²) in [6.45, 7) is 0. The second-order valence-corrected chi connectivity index (χ2v) is 5.55. The van der Waals surface area contributed by atoms with Crippen molar-refractivity contribution >= 4 is 24.3 Å². The van der Waals surface area contributed by atoms with Crippen molar-refractivity contribution in [2.75, 3.05) is 7.11 Å². The Morgan fingerprint density at radius 3 is 1.50 bits per heavy atom. The summed E-state index contributed by atoms with van der Waals surface area (Å²) < 4.78 is 5.17. The second-order valence-electron chi connectivity index (χ2n) is 5.55. The fraction of sp³-hybridized carbons (Fsp3) is 0.0476. The first-order valence-electron chi connectivity index (χ1n) is 8.00. The van der Waals surface area contributed by atoms with Gasteiger partial charge in [-0.05, 0) is 53.6 Å². The topological polar surface area (TPSA) is 75.5 Å². The van der Waals surface area contributed by atoms with Crippen LogP contribution in [0.15, 0.2) is 54.6 Å². The lowest BCUT2D eigenvalue weighted by Gasteiger charge is -2.02. The van der Waals surface area contributed by atoms with E-state index in [1.807, 2.05) is 54.6 Å². The lowest BCUT2D eigenvalue weighted by atomic mass is 10.1. The first-order chi connectivity index (χ1) is 12.6. The maximum absolute atomic E-state index is 9.33. The van der Waals surface area contributed by atoms with E-state index in [0.29, 0.717) is 11.4 Å². The standard InChI is InChI=1S/C21H18N2O3/c1-26-21-22-17(8-2-15-4-10-19(24)11-5-15)14-18(23-21)9-3-16-6-12-20(25)13-7-16/h2-14,24-25H,1H3/b8-2+,9-3+. The molecule has 1 heterocycles. The molecular weight excluding hydrogens is 328 g/mol. The quantitative estimate of drug-likeness (QED) is 0.723. The monoisotopic (exact) mass is 346 g/mol. The zero-order chi connectivity index (χ0) is 18.4. The van der Waals surface area contributed by atoms with Gasteiger partial charge < -0.3 is 14.9 Å². The van der Waals surface area contributed by atoms with E-state index in [4.69, 9.17) is 4.74 Å². The van der Waals surface area contributed by atoms with Crippen molar-refractivity contribution < 1.29 is 14.9 Å². The largest absolute Gasteiger partial charge is 0.508 e. The van der Waals surface area contributed by atoms with Gasteiger partial charge in [-0.15, -0.1) is 0 Å². The number of benzene rings is 2. The van der Waals surface area contributed by atoms with Crippen molar-refractivity contribution in [1.82, 2.24) is 9.97 Å². The van der Waals surface area contributed by atoms with Crippen molar-refractivity contribution in [1.29, 1.82) is 0 Å². The molecule has 0 radical (unpaired) electrons. The fourth-order valence-electron chi connectivity index (χ4n) is 2.26. The fourth-order valence-corrected chi connectivity index (χ4v) is 2.26. The zero-order valence-electron chi connectivity index (χ0n) is 14.2. The number of hydrogen-bond acceptors (Lipinski definition) is 5. The molecule has 2 N–H and O–H groups in total. The number of methoxy groups -OCH3 is 1. The molecule has 0 bridgehead atoms. The predicted molar refractivity (Wildman–Crippen MR) is 103 cm³/mol. The van der Waals surface area contributed by atoms with Crippen molar-refractivity contribution in [2.45, 2.75) is 0 Å². The minimum Gasteiger partial charge on any atom is -0.508 e. The summed E-state index contributed by atoms with van der Waals surface area (Å²) in [5.74, 6) is 0.458. The summed E-state index contributed by atoms with van der Waals surface area (Å²) >= 11 is 0. The van der Waals surface area contributed by atoms with Gasteiger partial charge in [-0.2, -0.15) is 9.97 Å². The van der Waals surface area contributed by atoms with E-state index >= 15 is 0 Å². The second kappa shape index (κ2) is 7.98. The van der Waals surface area contributed by atoms with Crippen LogP contribution in [0.1, 0.15) is 22.5 Å². The SMILES string of the molecule is COc1nc(/C=C/c2ccc(O)cc2)cc(/C=C/c2ccc(O)cc2)n1. The Balaban J connectivity index is 1.83. The molecule has 2 aromatic carbocycles. The number of aromatic hydroxyl groups is 2. The van der Waals surface area contributed by atoms with E-state index in [9.17, 15) is 10.2 Å². The Kier molecular flexibility index (Phi) is 5.29. The third-order valence-corrected chi connectivity index (χ3v) is 3.61. The van der Waals surface area contributed by atoms with Crippen LogP contribution in [-0.2, 0) is 0 Å². The van der Waals surface area contributed by atoms with Crippen molar-refractivity contribution in [2.24, 2.45) is 0 Å². The molecule has 0 saturated heterocycles. The zero-order valence-corrected chi connectivity index (χ0v) is 14.2. The highest BCUT2D eigenvalue weighted by molar-refractivity contribution is 5.72. The summed E-state index contributed by atoms with van der Waals surface area (Å²) in [6.07, 6.45) is 7.51. The summed E-state index contributed by atoms with van der Waals surface area (Å²) in [6, 6.07) is 15.9. The van der Waals surface area contributed by atoms with E-state index in [2.05, 4.69) is 9.97 Å². The Labute approximate surface area is 151 Å². The van der Waals surface area contributed by atoms with Crippen LogP contribution in [0.25, 0.3) is 24.3 Å². The van der Waals surface area contributed by atoms with Crippen LogP contribution in [-0.4, -0.2) is 27.3 Å². The van der Waals surface area contributed by atoms with Crippen LogP contribution in [0.4, 0.5) is 0 Å². The molecule has 0 unspecified atom stereocenters. The van der Waals surface area contributed by atoms with Gasteiger partial charge in [0.25, 0.3) is 0 Å². The highest BCUT2D eigenvalue weighted by Gasteiger charge is 2.01. The predicted octanol–water partition coefficient (Wildman–Crippen LogP) is 4.24. The van der Waals surface area contributed by atoms with E-state index in [0.717, 1.165) is 11.1 Å². The third kappa shape index (κ3) is 4.70. The minimum absolute atomic E-state index is 0.229.